The highest BCUT2D eigenvalue weighted by Crippen LogP contribution is 2.15. The highest BCUT2D eigenvalue weighted by Gasteiger charge is 2.08. The van der Waals surface area contributed by atoms with E-state index in [4.69, 9.17) is 0 Å². The molecule has 0 amide bonds. The van der Waals surface area contributed by atoms with Crippen LogP contribution in [-0.4, -0.2) is 11.0 Å². The van der Waals surface area contributed by atoms with Gasteiger partial charge in [-0.15, -0.1) is 0 Å². The van der Waals surface area contributed by atoms with E-state index in [0.717, 1.165) is 6.42 Å². The van der Waals surface area contributed by atoms with Gasteiger partial charge in [0, 0.05) is 24.5 Å². The molecule has 0 aliphatic rings. The van der Waals surface area contributed by atoms with Crippen LogP contribution in [0.5, 0.6) is 0 Å². The molecule has 1 aromatic rings. The van der Waals surface area contributed by atoms with Crippen molar-refractivity contribution in [2.75, 3.05) is 0 Å². The summed E-state index contributed by atoms with van der Waals surface area (Å²) in [7, 11) is 0. The summed E-state index contributed by atoms with van der Waals surface area (Å²) in [6, 6.07) is 5.13. The largest absolute Gasteiger partial charge is 0.308 e. The third-order valence-electron chi connectivity index (χ3n) is 2.05. The van der Waals surface area contributed by atoms with E-state index in [1.165, 1.54) is 5.56 Å². The molecule has 0 aliphatic heterocycles. The minimum absolute atomic E-state index is 0.461. The van der Waals surface area contributed by atoms with Crippen molar-refractivity contribution in [1.29, 1.82) is 0 Å². The zero-order chi connectivity index (χ0) is 9.68. The van der Waals surface area contributed by atoms with Gasteiger partial charge in [-0.05, 0) is 24.1 Å². The topological polar surface area (TPSA) is 24.9 Å². The molecule has 1 heterocycles. The summed E-state index contributed by atoms with van der Waals surface area (Å²) in [6.07, 6.45) is 4.81. The van der Waals surface area contributed by atoms with E-state index < -0.39 is 0 Å². The van der Waals surface area contributed by atoms with E-state index in [9.17, 15) is 0 Å². The summed E-state index contributed by atoms with van der Waals surface area (Å²) in [5, 5.41) is 3.52. The van der Waals surface area contributed by atoms with Gasteiger partial charge < -0.3 is 5.32 Å². The Hall–Kier alpha value is -0.890. The number of aromatic nitrogens is 1. The van der Waals surface area contributed by atoms with E-state index in [1.54, 1.807) is 0 Å². The summed E-state index contributed by atoms with van der Waals surface area (Å²) < 4.78 is 0. The molecule has 72 valence electrons. The van der Waals surface area contributed by atoms with Gasteiger partial charge in [0.1, 0.15) is 0 Å². The minimum atomic E-state index is 0.461. The lowest BCUT2D eigenvalue weighted by Crippen LogP contribution is -2.27. The van der Waals surface area contributed by atoms with Gasteiger partial charge in [0.2, 0.25) is 0 Å². The van der Waals surface area contributed by atoms with Crippen LogP contribution in [0.2, 0.25) is 0 Å². The Bertz CT molecular complexity index is 231. The van der Waals surface area contributed by atoms with Gasteiger partial charge in [0.25, 0.3) is 0 Å². The van der Waals surface area contributed by atoms with Crippen LogP contribution in [0.3, 0.4) is 0 Å². The van der Waals surface area contributed by atoms with Crippen LogP contribution in [-0.2, 0) is 0 Å². The second kappa shape index (κ2) is 4.97. The fourth-order valence-corrected chi connectivity index (χ4v) is 1.45. The fourth-order valence-electron chi connectivity index (χ4n) is 1.45. The molecule has 0 radical (unpaired) electrons. The van der Waals surface area contributed by atoms with E-state index >= 15 is 0 Å². The molecular weight excluding hydrogens is 160 g/mol. The third-order valence-corrected chi connectivity index (χ3v) is 2.05. The Morgan fingerprint density at radius 3 is 2.38 bits per heavy atom. The monoisotopic (exact) mass is 178 g/mol. The summed E-state index contributed by atoms with van der Waals surface area (Å²) in [5.74, 6) is 0. The van der Waals surface area contributed by atoms with Gasteiger partial charge in [0.15, 0.2) is 0 Å². The number of hydrogen-bond acceptors (Lipinski definition) is 2. The zero-order valence-electron chi connectivity index (χ0n) is 8.62. The average molecular weight is 178 g/mol. The summed E-state index contributed by atoms with van der Waals surface area (Å²) in [6.45, 7) is 6.54. The van der Waals surface area contributed by atoms with E-state index in [-0.39, 0.29) is 0 Å². The molecule has 1 rings (SSSR count). The highest BCUT2D eigenvalue weighted by molar-refractivity contribution is 5.14. The molecule has 0 fully saturated rings. The second-order valence-corrected chi connectivity index (χ2v) is 3.56. The van der Waals surface area contributed by atoms with Crippen LogP contribution in [0.1, 0.15) is 38.8 Å². The predicted octanol–water partition coefficient (Wildman–Crippen LogP) is 2.53. The number of pyridine rings is 1. The van der Waals surface area contributed by atoms with Crippen LogP contribution < -0.4 is 5.32 Å². The Morgan fingerprint density at radius 1 is 1.31 bits per heavy atom. The van der Waals surface area contributed by atoms with Crippen LogP contribution in [0.4, 0.5) is 0 Å². The molecule has 1 N–H and O–H groups in total. The first-order valence-corrected chi connectivity index (χ1v) is 4.90. The Labute approximate surface area is 80.4 Å². The maximum absolute atomic E-state index is 4.01. The highest BCUT2D eigenvalue weighted by atomic mass is 14.9. The summed E-state index contributed by atoms with van der Waals surface area (Å²) in [5.41, 5.74) is 1.33. The first-order chi connectivity index (χ1) is 6.24. The van der Waals surface area contributed by atoms with Gasteiger partial charge in [-0.3, -0.25) is 4.98 Å². The van der Waals surface area contributed by atoms with Crippen molar-refractivity contribution in [3.63, 3.8) is 0 Å². The van der Waals surface area contributed by atoms with Gasteiger partial charge >= 0.3 is 0 Å². The first-order valence-electron chi connectivity index (χ1n) is 4.90. The molecule has 0 saturated carbocycles. The maximum atomic E-state index is 4.01. The number of nitrogens with zero attached hydrogens (tertiary/aromatic N) is 1. The Kier molecular flexibility index (Phi) is 3.90. The van der Waals surface area contributed by atoms with Gasteiger partial charge in [-0.1, -0.05) is 20.8 Å². The molecule has 1 atom stereocenters. The van der Waals surface area contributed by atoms with Crippen molar-refractivity contribution < 1.29 is 0 Å². The quantitative estimate of drug-likeness (QED) is 0.766. The van der Waals surface area contributed by atoms with Crippen molar-refractivity contribution in [3.05, 3.63) is 30.1 Å². The van der Waals surface area contributed by atoms with Crippen LogP contribution in [0.15, 0.2) is 24.5 Å². The van der Waals surface area contributed by atoms with Gasteiger partial charge in [0.05, 0.1) is 0 Å². The zero-order valence-corrected chi connectivity index (χ0v) is 8.62. The standard InChI is InChI=1S/C11H18N2/c1-4-11(13-9(2)3)10-5-7-12-8-6-10/h5-9,11,13H,4H2,1-3H3. The van der Waals surface area contributed by atoms with E-state index in [1.807, 2.05) is 12.4 Å². The van der Waals surface area contributed by atoms with E-state index in [0.29, 0.717) is 12.1 Å². The van der Waals surface area contributed by atoms with Crippen LogP contribution in [0.25, 0.3) is 0 Å². The molecule has 0 aromatic carbocycles. The molecule has 13 heavy (non-hydrogen) atoms. The van der Waals surface area contributed by atoms with Gasteiger partial charge in [-0.25, -0.2) is 0 Å². The lowest BCUT2D eigenvalue weighted by Gasteiger charge is -2.19. The SMILES string of the molecule is CCC(NC(C)C)c1ccncc1. The second-order valence-electron chi connectivity index (χ2n) is 3.56. The molecule has 1 aromatic heterocycles. The van der Waals surface area contributed by atoms with Crippen molar-refractivity contribution in [1.82, 2.24) is 10.3 Å². The fraction of sp³-hybridized carbons (Fsp3) is 0.545. The molecule has 0 aliphatic carbocycles. The van der Waals surface area contributed by atoms with Crippen LogP contribution >= 0.6 is 0 Å². The smallest absolute Gasteiger partial charge is 0.0320 e. The molecule has 0 spiro atoms. The number of hydrogen-bond donors (Lipinski definition) is 1. The Balaban J connectivity index is 2.67. The molecule has 1 unspecified atom stereocenters. The van der Waals surface area contributed by atoms with Crippen LogP contribution in [0, 0.1) is 0 Å². The van der Waals surface area contributed by atoms with Gasteiger partial charge in [-0.2, -0.15) is 0 Å². The molecule has 2 nitrogen and oxygen atoms in total. The predicted molar refractivity (Wildman–Crippen MR) is 55.5 cm³/mol. The van der Waals surface area contributed by atoms with Crippen molar-refractivity contribution in [3.8, 4) is 0 Å². The van der Waals surface area contributed by atoms with Crippen molar-refractivity contribution >= 4 is 0 Å². The molecule has 0 bridgehead atoms. The summed E-state index contributed by atoms with van der Waals surface area (Å²) in [4.78, 5) is 4.01. The Morgan fingerprint density at radius 2 is 1.92 bits per heavy atom. The molecule has 0 saturated heterocycles. The number of nitrogens with one attached hydrogen (secondary N) is 1. The third kappa shape index (κ3) is 3.15. The summed E-state index contributed by atoms with van der Waals surface area (Å²) >= 11 is 0. The first kappa shape index (κ1) is 10.2. The average Bonchev–Trinajstić information content (AvgIpc) is 2.15. The lowest BCUT2D eigenvalue weighted by molar-refractivity contribution is 0.466. The maximum Gasteiger partial charge on any atom is 0.0320 e. The number of rotatable bonds is 4. The van der Waals surface area contributed by atoms with Crippen molar-refractivity contribution in [2.45, 2.75) is 39.3 Å². The minimum Gasteiger partial charge on any atom is -0.308 e. The molecular formula is C11H18N2. The van der Waals surface area contributed by atoms with Crippen molar-refractivity contribution in [2.24, 2.45) is 0 Å². The lowest BCUT2D eigenvalue weighted by atomic mass is 10.1. The van der Waals surface area contributed by atoms with E-state index in [2.05, 4.69) is 43.2 Å². The normalized spacial score (nSPS) is 13.2. The molecule has 2 heteroatoms.